The van der Waals surface area contributed by atoms with E-state index in [1.807, 2.05) is 0 Å². The van der Waals surface area contributed by atoms with Crippen LogP contribution in [0.3, 0.4) is 0 Å². The number of sulfonamides is 1. The van der Waals surface area contributed by atoms with Gasteiger partial charge >= 0.3 is 0 Å². The van der Waals surface area contributed by atoms with Crippen molar-refractivity contribution in [2.24, 2.45) is 0 Å². The highest BCUT2D eigenvalue weighted by Crippen LogP contribution is 2.15. The number of ether oxygens (including phenoxy) is 1. The zero-order valence-corrected chi connectivity index (χ0v) is 13.9. The number of carbonyl (C=O) groups excluding carboxylic acids is 1. The van der Waals surface area contributed by atoms with Crippen LogP contribution in [0.15, 0.2) is 23.1 Å². The minimum absolute atomic E-state index is 0.0629. The van der Waals surface area contributed by atoms with Gasteiger partial charge in [0.2, 0.25) is 10.0 Å². The van der Waals surface area contributed by atoms with Crippen LogP contribution >= 0.6 is 0 Å². The highest BCUT2D eigenvalue weighted by molar-refractivity contribution is 7.89. The molecule has 8 heteroatoms. The van der Waals surface area contributed by atoms with Gasteiger partial charge in [0.05, 0.1) is 11.5 Å². The second-order valence-electron chi connectivity index (χ2n) is 4.73. The molecule has 0 aliphatic rings. The molecule has 0 spiro atoms. The number of carbonyl (C=O) groups is 1. The summed E-state index contributed by atoms with van der Waals surface area (Å²) in [6.45, 7) is 3.33. The Kier molecular flexibility index (Phi) is 7.46. The summed E-state index contributed by atoms with van der Waals surface area (Å²) in [5.41, 5.74) is 1.07. The topological polar surface area (TPSA) is 96.5 Å². The van der Waals surface area contributed by atoms with Crippen LogP contribution in [0.4, 0.5) is 0 Å². The predicted octanol–water partition coefficient (Wildman–Crippen LogP) is -0.131. The third-order valence-corrected chi connectivity index (χ3v) is 4.48. The molecule has 0 bridgehead atoms. The molecule has 0 heterocycles. The highest BCUT2D eigenvalue weighted by atomic mass is 32.2. The van der Waals surface area contributed by atoms with Gasteiger partial charge in [-0.2, -0.15) is 0 Å². The molecule has 22 heavy (non-hydrogen) atoms. The summed E-state index contributed by atoms with van der Waals surface area (Å²) >= 11 is 0. The molecule has 0 unspecified atom stereocenters. The molecular weight excluding hydrogens is 306 g/mol. The van der Waals surface area contributed by atoms with Gasteiger partial charge in [-0.3, -0.25) is 4.79 Å². The van der Waals surface area contributed by atoms with E-state index in [1.165, 1.54) is 19.2 Å². The van der Waals surface area contributed by atoms with Crippen molar-refractivity contribution in [2.45, 2.75) is 11.8 Å². The minimum atomic E-state index is -3.65. The van der Waals surface area contributed by atoms with Crippen LogP contribution in [0.5, 0.6) is 0 Å². The summed E-state index contributed by atoms with van der Waals surface area (Å²) in [5, 5.41) is 5.66. The van der Waals surface area contributed by atoms with Crippen molar-refractivity contribution in [3.8, 4) is 0 Å². The van der Waals surface area contributed by atoms with Gasteiger partial charge in [0.15, 0.2) is 0 Å². The Balaban J connectivity index is 2.91. The van der Waals surface area contributed by atoms with Crippen molar-refractivity contribution in [3.05, 3.63) is 29.3 Å². The maximum absolute atomic E-state index is 12.1. The summed E-state index contributed by atoms with van der Waals surface area (Å²) in [6, 6.07) is 4.49. The molecule has 0 saturated carbocycles. The summed E-state index contributed by atoms with van der Waals surface area (Å²) in [6.07, 6.45) is 0. The molecule has 0 aliphatic carbocycles. The van der Waals surface area contributed by atoms with E-state index in [-0.39, 0.29) is 24.0 Å². The van der Waals surface area contributed by atoms with Crippen LogP contribution in [0.1, 0.15) is 15.9 Å². The van der Waals surface area contributed by atoms with Gasteiger partial charge in [0.1, 0.15) is 0 Å². The third kappa shape index (κ3) is 5.38. The molecule has 7 nitrogen and oxygen atoms in total. The van der Waals surface area contributed by atoms with E-state index in [1.54, 1.807) is 20.0 Å². The molecule has 0 saturated heterocycles. The molecular formula is C14H23N3O4S. The second kappa shape index (κ2) is 8.84. The first-order valence-corrected chi connectivity index (χ1v) is 8.42. The van der Waals surface area contributed by atoms with Crippen molar-refractivity contribution in [1.82, 2.24) is 15.4 Å². The molecule has 0 radical (unpaired) electrons. The van der Waals surface area contributed by atoms with Crippen molar-refractivity contribution in [2.75, 3.05) is 40.4 Å². The fourth-order valence-electron chi connectivity index (χ4n) is 1.77. The monoisotopic (exact) mass is 329 g/mol. The van der Waals surface area contributed by atoms with E-state index >= 15 is 0 Å². The zero-order chi connectivity index (χ0) is 16.6. The quantitative estimate of drug-likeness (QED) is 0.548. The lowest BCUT2D eigenvalue weighted by atomic mass is 10.1. The zero-order valence-electron chi connectivity index (χ0n) is 13.1. The lowest BCUT2D eigenvalue weighted by Crippen LogP contribution is -2.31. The number of benzene rings is 1. The lowest BCUT2D eigenvalue weighted by Gasteiger charge is -2.11. The van der Waals surface area contributed by atoms with Crippen LogP contribution < -0.4 is 15.4 Å². The van der Waals surface area contributed by atoms with Gasteiger partial charge in [-0.25, -0.2) is 13.1 Å². The van der Waals surface area contributed by atoms with Crippen molar-refractivity contribution in [3.63, 3.8) is 0 Å². The molecule has 0 aromatic heterocycles. The SMILES string of the molecule is CNCCNC(=O)c1cc(S(=O)(=O)NCCOC)ccc1C. The number of nitrogens with one attached hydrogen (secondary N) is 3. The number of hydrogen-bond acceptors (Lipinski definition) is 5. The fraction of sp³-hybridized carbons (Fsp3) is 0.500. The van der Waals surface area contributed by atoms with Crippen molar-refractivity contribution >= 4 is 15.9 Å². The van der Waals surface area contributed by atoms with Gasteiger partial charge in [-0.15, -0.1) is 0 Å². The molecule has 0 aliphatic heterocycles. The maximum Gasteiger partial charge on any atom is 0.251 e. The Bertz CT molecular complexity index is 602. The molecule has 1 aromatic carbocycles. The Morgan fingerprint density at radius 3 is 2.59 bits per heavy atom. The molecule has 1 aromatic rings. The number of amides is 1. The van der Waals surface area contributed by atoms with Gasteiger partial charge in [0.25, 0.3) is 5.91 Å². The number of aryl methyl sites for hydroxylation is 1. The number of methoxy groups -OCH3 is 1. The van der Waals surface area contributed by atoms with Crippen molar-refractivity contribution < 1.29 is 17.9 Å². The summed E-state index contributed by atoms with van der Waals surface area (Å²) < 4.78 is 31.5. The van der Waals surface area contributed by atoms with E-state index in [0.29, 0.717) is 18.7 Å². The predicted molar refractivity (Wildman–Crippen MR) is 84.5 cm³/mol. The standard InChI is InChI=1S/C14H23N3O4S/c1-11-4-5-12(22(19,20)17-8-9-21-3)10-13(11)14(18)16-7-6-15-2/h4-5,10,15,17H,6-9H2,1-3H3,(H,16,18). The average molecular weight is 329 g/mol. The largest absolute Gasteiger partial charge is 0.383 e. The van der Waals surface area contributed by atoms with Crippen LogP contribution in [0.2, 0.25) is 0 Å². The molecule has 0 atom stereocenters. The summed E-state index contributed by atoms with van der Waals surface area (Å²) in [7, 11) is -0.371. The first kappa shape index (κ1) is 18.6. The maximum atomic E-state index is 12.1. The smallest absolute Gasteiger partial charge is 0.251 e. The van der Waals surface area contributed by atoms with E-state index in [4.69, 9.17) is 4.74 Å². The first-order valence-electron chi connectivity index (χ1n) is 6.94. The molecule has 3 N–H and O–H groups in total. The van der Waals surface area contributed by atoms with Gasteiger partial charge < -0.3 is 15.4 Å². The van der Waals surface area contributed by atoms with E-state index < -0.39 is 10.0 Å². The Hall–Kier alpha value is -1.48. The lowest BCUT2D eigenvalue weighted by molar-refractivity contribution is 0.0953. The van der Waals surface area contributed by atoms with Gasteiger partial charge in [-0.05, 0) is 31.7 Å². The average Bonchev–Trinajstić information content (AvgIpc) is 2.47. The van der Waals surface area contributed by atoms with E-state index in [2.05, 4.69) is 15.4 Å². The number of hydrogen-bond donors (Lipinski definition) is 3. The second-order valence-corrected chi connectivity index (χ2v) is 6.49. The normalized spacial score (nSPS) is 11.4. The number of rotatable bonds is 9. The third-order valence-electron chi connectivity index (χ3n) is 3.02. The van der Waals surface area contributed by atoms with Crippen molar-refractivity contribution in [1.29, 1.82) is 0 Å². The molecule has 1 rings (SSSR count). The summed E-state index contributed by atoms with van der Waals surface area (Å²) in [5.74, 6) is -0.290. The molecule has 0 fully saturated rings. The Morgan fingerprint density at radius 1 is 1.23 bits per heavy atom. The minimum Gasteiger partial charge on any atom is -0.383 e. The number of likely N-dealkylation sites (N-methyl/N-ethyl adjacent to an activating group) is 1. The Labute approximate surface area is 131 Å². The highest BCUT2D eigenvalue weighted by Gasteiger charge is 2.17. The Morgan fingerprint density at radius 2 is 1.95 bits per heavy atom. The molecule has 1 amide bonds. The summed E-state index contributed by atoms with van der Waals surface area (Å²) in [4.78, 5) is 12.2. The van der Waals surface area contributed by atoms with E-state index in [9.17, 15) is 13.2 Å². The first-order chi connectivity index (χ1) is 10.4. The van der Waals surface area contributed by atoms with E-state index in [0.717, 1.165) is 5.56 Å². The fourth-order valence-corrected chi connectivity index (χ4v) is 2.81. The van der Waals surface area contributed by atoms with Crippen LogP contribution in [0, 0.1) is 6.92 Å². The van der Waals surface area contributed by atoms with Gasteiger partial charge in [0, 0.05) is 32.3 Å². The molecule has 124 valence electrons. The van der Waals surface area contributed by atoms with Crippen LogP contribution in [-0.2, 0) is 14.8 Å². The van der Waals surface area contributed by atoms with Crippen LogP contribution in [-0.4, -0.2) is 54.7 Å². The van der Waals surface area contributed by atoms with Gasteiger partial charge in [-0.1, -0.05) is 6.07 Å². The van der Waals surface area contributed by atoms with Crippen LogP contribution in [0.25, 0.3) is 0 Å².